The van der Waals surface area contributed by atoms with Gasteiger partial charge < -0.3 is 9.47 Å². The Kier molecular flexibility index (Phi) is 4.38. The van der Waals surface area contributed by atoms with Gasteiger partial charge in [0, 0.05) is 29.2 Å². The molecule has 2 spiro atoms. The number of hydrogen-bond acceptors (Lipinski definition) is 4. The van der Waals surface area contributed by atoms with E-state index in [1.807, 2.05) is 13.0 Å². The lowest BCUT2D eigenvalue weighted by Crippen LogP contribution is -2.57. The van der Waals surface area contributed by atoms with Gasteiger partial charge in [0.2, 0.25) is 5.79 Å². The van der Waals surface area contributed by atoms with Crippen LogP contribution in [0.3, 0.4) is 0 Å². The highest BCUT2D eigenvalue weighted by Gasteiger charge is 2.74. The second kappa shape index (κ2) is 6.47. The van der Waals surface area contributed by atoms with E-state index in [1.165, 1.54) is 0 Å². The van der Waals surface area contributed by atoms with Crippen LogP contribution in [0.2, 0.25) is 0 Å². The van der Waals surface area contributed by atoms with Crippen molar-refractivity contribution >= 4 is 11.8 Å². The van der Waals surface area contributed by atoms with Crippen LogP contribution in [-0.2, 0) is 19.1 Å². The number of hydrogen-bond donors (Lipinski definition) is 0. The zero-order valence-electron chi connectivity index (χ0n) is 22.2. The van der Waals surface area contributed by atoms with Gasteiger partial charge in [-0.1, -0.05) is 52.7 Å². The van der Waals surface area contributed by atoms with Gasteiger partial charge in [-0.15, -0.1) is 0 Å². The average molecular weight is 467 g/mol. The van der Waals surface area contributed by atoms with Gasteiger partial charge in [0.05, 0.1) is 5.60 Å². The Morgan fingerprint density at radius 1 is 0.912 bits per heavy atom. The summed E-state index contributed by atoms with van der Waals surface area (Å²) >= 11 is 0. The van der Waals surface area contributed by atoms with Gasteiger partial charge in [0.15, 0.2) is 0 Å². The molecule has 7 atom stereocenters. The zero-order chi connectivity index (χ0) is 24.5. The summed E-state index contributed by atoms with van der Waals surface area (Å²) in [5.74, 6) is 0.123. The largest absolute Gasteiger partial charge is 0.426 e. The summed E-state index contributed by atoms with van der Waals surface area (Å²) in [7, 11) is 0. The summed E-state index contributed by atoms with van der Waals surface area (Å²) in [6.45, 7) is 16.0. The molecule has 0 aromatic heterocycles. The van der Waals surface area contributed by atoms with E-state index in [0.717, 1.165) is 51.4 Å². The van der Waals surface area contributed by atoms with Crippen molar-refractivity contribution in [1.82, 2.24) is 0 Å². The summed E-state index contributed by atoms with van der Waals surface area (Å²) in [5.41, 5.74) is 3.76. The lowest BCUT2D eigenvalue weighted by atomic mass is 9.43. The molecule has 0 aromatic rings. The Morgan fingerprint density at radius 2 is 1.65 bits per heavy atom. The summed E-state index contributed by atoms with van der Waals surface area (Å²) in [6, 6.07) is 0. The lowest BCUT2D eigenvalue weighted by Gasteiger charge is -2.62. The van der Waals surface area contributed by atoms with Crippen molar-refractivity contribution in [3.05, 3.63) is 22.8 Å². The van der Waals surface area contributed by atoms with Crippen molar-refractivity contribution in [3.63, 3.8) is 0 Å². The maximum absolute atomic E-state index is 12.9. The van der Waals surface area contributed by atoms with Crippen molar-refractivity contribution in [3.8, 4) is 0 Å². The normalized spacial score (nSPS) is 51.4. The molecule has 2 aliphatic heterocycles. The van der Waals surface area contributed by atoms with E-state index in [0.29, 0.717) is 29.6 Å². The molecule has 0 radical (unpaired) electrons. The molecule has 0 N–H and O–H groups in total. The Bertz CT molecular complexity index is 1070. The van der Waals surface area contributed by atoms with Crippen LogP contribution in [0.1, 0.15) is 106 Å². The zero-order valence-corrected chi connectivity index (χ0v) is 22.2. The van der Waals surface area contributed by atoms with Crippen LogP contribution in [-0.4, -0.2) is 23.1 Å². The molecule has 2 heterocycles. The summed E-state index contributed by atoms with van der Waals surface area (Å²) in [5, 5.41) is 0. The molecular weight excluding hydrogens is 424 g/mol. The number of ketones is 1. The third kappa shape index (κ3) is 2.40. The van der Waals surface area contributed by atoms with Gasteiger partial charge in [0.25, 0.3) is 0 Å². The lowest BCUT2D eigenvalue weighted by molar-refractivity contribution is -0.240. The Hall–Kier alpha value is -1.42. The molecule has 2 saturated carbocycles. The van der Waals surface area contributed by atoms with Crippen molar-refractivity contribution in [2.75, 3.05) is 0 Å². The molecule has 4 aliphatic carbocycles. The monoisotopic (exact) mass is 466 g/mol. The molecule has 186 valence electrons. The molecule has 4 heteroatoms. The van der Waals surface area contributed by atoms with E-state index in [-0.39, 0.29) is 33.2 Å². The molecule has 0 aromatic carbocycles. The number of Topliss-reactive ketones (excluding diaryl/α,β-unsaturated/α-hetero) is 1. The van der Waals surface area contributed by atoms with Crippen LogP contribution in [0.25, 0.3) is 0 Å². The molecule has 1 saturated heterocycles. The van der Waals surface area contributed by atoms with Crippen molar-refractivity contribution in [2.24, 2.45) is 33.5 Å². The molecule has 3 fully saturated rings. The van der Waals surface area contributed by atoms with Crippen LogP contribution in [0, 0.1) is 33.5 Å². The molecule has 4 nitrogen and oxygen atoms in total. The van der Waals surface area contributed by atoms with E-state index < -0.39 is 5.79 Å². The standard InChI is InChI=1S/C30H42O4/c1-18-16-29(33-24(18)32)17-19(2)30(34-29)15-14-27(6)21-8-9-22-25(3,4)23(31)11-12-26(22,5)20(21)10-13-28(27,30)7/h16,19,22H,8-15,17H2,1-7H3. The number of allylic oxidation sites excluding steroid dienone is 2. The molecule has 34 heavy (non-hydrogen) atoms. The van der Waals surface area contributed by atoms with E-state index in [4.69, 9.17) is 9.47 Å². The number of fused-ring (bicyclic) bond motifs is 5. The van der Waals surface area contributed by atoms with E-state index >= 15 is 0 Å². The SMILES string of the molecule is CC1=CC2(CC(C)C3(CCC4(C)C5=C(CCC43C)C3(C)CCC(=O)C(C)(C)C3CC5)O2)OC1=O. The molecule has 6 rings (SSSR count). The molecule has 6 aliphatic rings. The first-order valence-corrected chi connectivity index (χ1v) is 13.6. The first-order chi connectivity index (χ1) is 15.7. The van der Waals surface area contributed by atoms with Crippen LogP contribution in [0.15, 0.2) is 22.8 Å². The van der Waals surface area contributed by atoms with Gasteiger partial charge >= 0.3 is 5.97 Å². The second-order valence-corrected chi connectivity index (χ2v) is 13.9. The Labute approximate surface area is 204 Å². The Balaban J connectivity index is 1.42. The van der Waals surface area contributed by atoms with Gasteiger partial charge in [-0.2, -0.15) is 0 Å². The summed E-state index contributed by atoms with van der Waals surface area (Å²) in [4.78, 5) is 25.2. The Morgan fingerprint density at radius 3 is 2.32 bits per heavy atom. The molecule has 7 unspecified atom stereocenters. The topological polar surface area (TPSA) is 52.6 Å². The number of rotatable bonds is 0. The smallest absolute Gasteiger partial charge is 0.336 e. The van der Waals surface area contributed by atoms with Crippen LogP contribution >= 0.6 is 0 Å². The number of carbonyl (C=O) groups is 2. The third-order valence-electron chi connectivity index (χ3n) is 12.4. The van der Waals surface area contributed by atoms with Gasteiger partial charge in [-0.3, -0.25) is 4.79 Å². The number of ether oxygens (including phenoxy) is 2. The quantitative estimate of drug-likeness (QED) is 0.295. The minimum atomic E-state index is -0.874. The average Bonchev–Trinajstić information content (AvgIpc) is 3.28. The highest BCUT2D eigenvalue weighted by atomic mass is 16.7. The highest BCUT2D eigenvalue weighted by molar-refractivity contribution is 5.90. The number of esters is 1. The van der Waals surface area contributed by atoms with Crippen molar-refractivity contribution in [2.45, 2.75) is 118 Å². The fourth-order valence-electron chi connectivity index (χ4n) is 10.3. The molecule has 0 bridgehead atoms. The van der Waals surface area contributed by atoms with Gasteiger partial charge in [0.1, 0.15) is 5.78 Å². The van der Waals surface area contributed by atoms with E-state index in [9.17, 15) is 9.59 Å². The first kappa shape index (κ1) is 23.0. The molecular formula is C30H42O4. The predicted molar refractivity (Wildman–Crippen MR) is 131 cm³/mol. The maximum atomic E-state index is 12.9. The van der Waals surface area contributed by atoms with Crippen molar-refractivity contribution < 1.29 is 19.1 Å². The fraction of sp³-hybridized carbons (Fsp3) is 0.800. The maximum Gasteiger partial charge on any atom is 0.336 e. The van der Waals surface area contributed by atoms with Gasteiger partial charge in [-0.25, -0.2) is 4.79 Å². The van der Waals surface area contributed by atoms with Gasteiger partial charge in [-0.05, 0) is 80.6 Å². The summed E-state index contributed by atoms with van der Waals surface area (Å²) in [6.07, 6.45) is 11.0. The van der Waals surface area contributed by atoms with E-state index in [2.05, 4.69) is 41.5 Å². The minimum Gasteiger partial charge on any atom is -0.426 e. The summed E-state index contributed by atoms with van der Waals surface area (Å²) < 4.78 is 12.9. The van der Waals surface area contributed by atoms with Crippen LogP contribution < -0.4 is 0 Å². The predicted octanol–water partition coefficient (Wildman–Crippen LogP) is 6.68. The number of carbonyl (C=O) groups excluding carboxylic acids is 2. The molecule has 0 amide bonds. The third-order valence-corrected chi connectivity index (χ3v) is 12.4. The van der Waals surface area contributed by atoms with Crippen molar-refractivity contribution in [1.29, 1.82) is 0 Å². The first-order valence-electron chi connectivity index (χ1n) is 13.6. The highest BCUT2D eigenvalue weighted by Crippen LogP contribution is 2.76. The van der Waals surface area contributed by atoms with Crippen LogP contribution in [0.4, 0.5) is 0 Å². The van der Waals surface area contributed by atoms with E-state index in [1.54, 1.807) is 11.1 Å². The fourth-order valence-corrected chi connectivity index (χ4v) is 10.3. The minimum absolute atomic E-state index is 0.00168. The van der Waals surface area contributed by atoms with Crippen LogP contribution in [0.5, 0.6) is 0 Å². The second-order valence-electron chi connectivity index (χ2n) is 13.9.